The molecule has 0 saturated heterocycles. The SMILES string of the molecule is Cc1occc1C(O)Cc1ccc([N+](=O)[O-])cc1. The van der Waals surface area contributed by atoms with Gasteiger partial charge in [-0.25, -0.2) is 0 Å². The molecule has 1 atom stereocenters. The number of nitrogens with zero attached hydrogens (tertiary/aromatic N) is 1. The van der Waals surface area contributed by atoms with Crippen molar-refractivity contribution in [3.05, 3.63) is 63.6 Å². The van der Waals surface area contributed by atoms with E-state index in [4.69, 9.17) is 4.42 Å². The summed E-state index contributed by atoms with van der Waals surface area (Å²) in [5.41, 5.74) is 1.63. The van der Waals surface area contributed by atoms with E-state index in [1.54, 1.807) is 25.1 Å². The molecule has 0 aliphatic carbocycles. The lowest BCUT2D eigenvalue weighted by Crippen LogP contribution is -2.02. The molecule has 0 aliphatic heterocycles. The van der Waals surface area contributed by atoms with Crippen LogP contribution >= 0.6 is 0 Å². The number of nitro benzene ring substituents is 1. The molecule has 0 radical (unpaired) electrons. The second-order valence-electron chi connectivity index (χ2n) is 4.08. The second kappa shape index (κ2) is 5.01. The molecule has 5 heteroatoms. The van der Waals surface area contributed by atoms with Crippen LogP contribution in [0.25, 0.3) is 0 Å². The van der Waals surface area contributed by atoms with Crippen molar-refractivity contribution < 1.29 is 14.4 Å². The molecular formula is C13H13NO4. The Morgan fingerprint density at radius 2 is 2.00 bits per heavy atom. The van der Waals surface area contributed by atoms with Crippen molar-refractivity contribution in [3.63, 3.8) is 0 Å². The Kier molecular flexibility index (Phi) is 3.43. The van der Waals surface area contributed by atoms with Crippen molar-refractivity contribution >= 4 is 5.69 Å². The van der Waals surface area contributed by atoms with Gasteiger partial charge in [0, 0.05) is 24.1 Å². The third kappa shape index (κ3) is 2.57. The molecule has 18 heavy (non-hydrogen) atoms. The van der Waals surface area contributed by atoms with Crippen molar-refractivity contribution in [2.24, 2.45) is 0 Å². The molecule has 0 bridgehead atoms. The van der Waals surface area contributed by atoms with Crippen molar-refractivity contribution in [3.8, 4) is 0 Å². The average Bonchev–Trinajstić information content (AvgIpc) is 2.76. The predicted octanol–water partition coefficient (Wildman–Crippen LogP) is 2.77. The van der Waals surface area contributed by atoms with Gasteiger partial charge in [0.15, 0.2) is 0 Å². The van der Waals surface area contributed by atoms with Gasteiger partial charge in [-0.1, -0.05) is 12.1 Å². The van der Waals surface area contributed by atoms with E-state index in [2.05, 4.69) is 0 Å². The maximum atomic E-state index is 10.5. The third-order valence-electron chi connectivity index (χ3n) is 2.83. The van der Waals surface area contributed by atoms with Crippen molar-refractivity contribution in [1.29, 1.82) is 0 Å². The fourth-order valence-electron chi connectivity index (χ4n) is 1.83. The molecule has 1 unspecified atom stereocenters. The Morgan fingerprint density at radius 1 is 1.33 bits per heavy atom. The quantitative estimate of drug-likeness (QED) is 0.665. The minimum atomic E-state index is -0.662. The summed E-state index contributed by atoms with van der Waals surface area (Å²) < 4.78 is 5.12. The smallest absolute Gasteiger partial charge is 0.269 e. The maximum absolute atomic E-state index is 10.5. The number of non-ortho nitro benzene ring substituents is 1. The first kappa shape index (κ1) is 12.3. The van der Waals surface area contributed by atoms with E-state index in [1.165, 1.54) is 18.4 Å². The monoisotopic (exact) mass is 247 g/mol. The van der Waals surface area contributed by atoms with Gasteiger partial charge in [-0.15, -0.1) is 0 Å². The van der Waals surface area contributed by atoms with Crippen molar-refractivity contribution in [1.82, 2.24) is 0 Å². The summed E-state index contributed by atoms with van der Waals surface area (Å²) in [5.74, 6) is 0.685. The number of furan rings is 1. The van der Waals surface area contributed by atoms with Gasteiger partial charge >= 0.3 is 0 Å². The van der Waals surface area contributed by atoms with Crippen LogP contribution in [0.5, 0.6) is 0 Å². The highest BCUT2D eigenvalue weighted by Gasteiger charge is 2.14. The molecule has 5 nitrogen and oxygen atoms in total. The Balaban J connectivity index is 2.10. The number of benzene rings is 1. The van der Waals surface area contributed by atoms with Crippen LogP contribution in [-0.2, 0) is 6.42 Å². The van der Waals surface area contributed by atoms with E-state index in [-0.39, 0.29) is 5.69 Å². The lowest BCUT2D eigenvalue weighted by atomic mass is 10.0. The van der Waals surface area contributed by atoms with Gasteiger partial charge in [-0.05, 0) is 18.6 Å². The minimum Gasteiger partial charge on any atom is -0.469 e. The molecule has 2 rings (SSSR count). The third-order valence-corrected chi connectivity index (χ3v) is 2.83. The van der Waals surface area contributed by atoms with Gasteiger partial charge in [-0.2, -0.15) is 0 Å². The molecule has 0 spiro atoms. The van der Waals surface area contributed by atoms with Crippen molar-refractivity contribution in [2.45, 2.75) is 19.4 Å². The van der Waals surface area contributed by atoms with E-state index >= 15 is 0 Å². The van der Waals surface area contributed by atoms with Crippen LogP contribution < -0.4 is 0 Å². The highest BCUT2D eigenvalue weighted by atomic mass is 16.6. The number of hydrogen-bond donors (Lipinski definition) is 1. The van der Waals surface area contributed by atoms with Gasteiger partial charge in [0.05, 0.1) is 17.3 Å². The molecule has 1 aromatic carbocycles. The van der Waals surface area contributed by atoms with Crippen LogP contribution in [0, 0.1) is 17.0 Å². The fourth-order valence-corrected chi connectivity index (χ4v) is 1.83. The summed E-state index contributed by atoms with van der Waals surface area (Å²) in [6.07, 6.45) is 1.27. The number of aliphatic hydroxyl groups excluding tert-OH is 1. The lowest BCUT2D eigenvalue weighted by molar-refractivity contribution is -0.384. The zero-order valence-corrected chi connectivity index (χ0v) is 9.87. The average molecular weight is 247 g/mol. The number of aryl methyl sites for hydroxylation is 1. The van der Waals surface area contributed by atoms with E-state index in [0.29, 0.717) is 12.2 Å². The van der Waals surface area contributed by atoms with Gasteiger partial charge in [0.25, 0.3) is 5.69 Å². The van der Waals surface area contributed by atoms with Crippen LogP contribution in [0.4, 0.5) is 5.69 Å². The van der Waals surface area contributed by atoms with Crippen LogP contribution in [0.3, 0.4) is 0 Å². The van der Waals surface area contributed by atoms with Gasteiger partial charge in [0.2, 0.25) is 0 Å². The maximum Gasteiger partial charge on any atom is 0.269 e. The van der Waals surface area contributed by atoms with Gasteiger partial charge in [-0.3, -0.25) is 10.1 Å². The highest BCUT2D eigenvalue weighted by Crippen LogP contribution is 2.23. The minimum absolute atomic E-state index is 0.0488. The molecular weight excluding hydrogens is 234 g/mol. The standard InChI is InChI=1S/C13H13NO4/c1-9-12(6-7-18-9)13(15)8-10-2-4-11(5-3-10)14(16)17/h2-7,13,15H,8H2,1H3. The number of rotatable bonds is 4. The molecule has 0 fully saturated rings. The predicted molar refractivity (Wildman–Crippen MR) is 65.2 cm³/mol. The molecule has 94 valence electrons. The molecule has 2 aromatic rings. The van der Waals surface area contributed by atoms with E-state index < -0.39 is 11.0 Å². The largest absolute Gasteiger partial charge is 0.469 e. The van der Waals surface area contributed by atoms with Crippen LogP contribution in [-0.4, -0.2) is 10.0 Å². The summed E-state index contributed by atoms with van der Waals surface area (Å²) in [5, 5.41) is 20.5. The van der Waals surface area contributed by atoms with E-state index in [0.717, 1.165) is 11.1 Å². The fraction of sp³-hybridized carbons (Fsp3) is 0.231. The van der Waals surface area contributed by atoms with E-state index in [9.17, 15) is 15.2 Å². The summed E-state index contributed by atoms with van der Waals surface area (Å²) >= 11 is 0. The molecule has 0 amide bonds. The number of hydrogen-bond acceptors (Lipinski definition) is 4. The Bertz CT molecular complexity index is 544. The molecule has 1 heterocycles. The Morgan fingerprint density at radius 3 is 2.50 bits per heavy atom. The summed E-state index contributed by atoms with van der Waals surface area (Å²) in [7, 11) is 0. The van der Waals surface area contributed by atoms with Crippen LogP contribution in [0.15, 0.2) is 41.0 Å². The first-order chi connectivity index (χ1) is 8.58. The summed E-state index contributed by atoms with van der Waals surface area (Å²) in [6, 6.07) is 7.90. The van der Waals surface area contributed by atoms with Crippen molar-refractivity contribution in [2.75, 3.05) is 0 Å². The Labute approximate surface area is 104 Å². The van der Waals surface area contributed by atoms with Crippen LogP contribution in [0.1, 0.15) is 23.0 Å². The molecule has 1 aromatic heterocycles. The molecule has 0 aliphatic rings. The van der Waals surface area contributed by atoms with Crippen LogP contribution in [0.2, 0.25) is 0 Å². The number of nitro groups is 1. The molecule has 0 saturated carbocycles. The lowest BCUT2D eigenvalue weighted by Gasteiger charge is -2.09. The van der Waals surface area contributed by atoms with Gasteiger partial charge in [0.1, 0.15) is 5.76 Å². The summed E-state index contributed by atoms with van der Waals surface area (Å²) in [6.45, 7) is 1.79. The molecule has 1 N–H and O–H groups in total. The topological polar surface area (TPSA) is 76.5 Å². The van der Waals surface area contributed by atoms with Gasteiger partial charge < -0.3 is 9.52 Å². The Hall–Kier alpha value is -2.14. The highest BCUT2D eigenvalue weighted by molar-refractivity contribution is 5.33. The van der Waals surface area contributed by atoms with E-state index in [1.807, 2.05) is 0 Å². The normalized spacial score (nSPS) is 12.3. The second-order valence-corrected chi connectivity index (χ2v) is 4.08. The zero-order valence-electron chi connectivity index (χ0n) is 9.87. The first-order valence-electron chi connectivity index (χ1n) is 5.53. The first-order valence-corrected chi connectivity index (χ1v) is 5.53. The summed E-state index contributed by atoms with van der Waals surface area (Å²) in [4.78, 5) is 10.1. The number of aliphatic hydroxyl groups is 1. The zero-order chi connectivity index (χ0) is 13.1.